The van der Waals surface area contributed by atoms with Crippen molar-refractivity contribution in [3.05, 3.63) is 11.6 Å². The maximum absolute atomic E-state index is 12.3. The van der Waals surface area contributed by atoms with Crippen LogP contribution in [0.25, 0.3) is 0 Å². The van der Waals surface area contributed by atoms with Crippen LogP contribution in [0.3, 0.4) is 0 Å². The lowest BCUT2D eigenvalue weighted by Crippen LogP contribution is -2.41. The number of sulfonamides is 2. The summed E-state index contributed by atoms with van der Waals surface area (Å²) in [5.74, 6) is 0.397. The Morgan fingerprint density at radius 1 is 1.50 bits per heavy atom. The first-order valence-electron chi connectivity index (χ1n) is 6.39. The molecule has 0 aliphatic carbocycles. The number of nitrogens with one attached hydrogen (secondary N) is 1. The molecule has 7 nitrogen and oxygen atoms in total. The van der Waals surface area contributed by atoms with Crippen LogP contribution in [0.4, 0.5) is 0 Å². The SMILES string of the molecule is CC(C)CNC1CN(C)S(=O)(=O)c2sc(S(N)(=O)=O)cc21.Cl. The lowest BCUT2D eigenvalue weighted by Gasteiger charge is -2.30. The number of nitrogens with zero attached hydrogens (tertiary/aromatic N) is 1. The molecule has 1 aliphatic heterocycles. The van der Waals surface area contributed by atoms with Gasteiger partial charge >= 0.3 is 0 Å². The van der Waals surface area contributed by atoms with Crippen LogP contribution in [-0.4, -0.2) is 41.3 Å². The molecule has 0 radical (unpaired) electrons. The highest BCUT2D eigenvalue weighted by Crippen LogP contribution is 2.39. The number of hydrogen-bond acceptors (Lipinski definition) is 6. The van der Waals surface area contributed by atoms with Gasteiger partial charge in [-0.1, -0.05) is 13.8 Å². The smallest absolute Gasteiger partial charge is 0.252 e. The van der Waals surface area contributed by atoms with Gasteiger partial charge in [0.1, 0.15) is 8.42 Å². The summed E-state index contributed by atoms with van der Waals surface area (Å²) in [6.45, 7) is 5.06. The Kier molecular flexibility index (Phi) is 6.05. The van der Waals surface area contributed by atoms with Gasteiger partial charge in [0.15, 0.2) is 0 Å². The Bertz CT molecular complexity index is 743. The summed E-state index contributed by atoms with van der Waals surface area (Å²) in [6.07, 6.45) is 0. The van der Waals surface area contributed by atoms with Crippen molar-refractivity contribution in [2.24, 2.45) is 11.1 Å². The molecule has 1 aromatic rings. The van der Waals surface area contributed by atoms with Gasteiger partial charge in [-0.15, -0.1) is 23.7 Å². The van der Waals surface area contributed by atoms with E-state index in [-0.39, 0.29) is 33.4 Å². The number of likely N-dealkylation sites (N-methyl/N-ethyl adjacent to an activating group) is 1. The van der Waals surface area contributed by atoms with Crippen LogP contribution in [0, 0.1) is 5.92 Å². The molecular formula is C11H20ClN3O4S3. The molecule has 1 unspecified atom stereocenters. The Hall–Kier alpha value is -0.230. The van der Waals surface area contributed by atoms with E-state index in [0.717, 1.165) is 0 Å². The van der Waals surface area contributed by atoms with Gasteiger partial charge in [-0.25, -0.2) is 22.0 Å². The van der Waals surface area contributed by atoms with Crippen LogP contribution in [0.5, 0.6) is 0 Å². The fourth-order valence-electron chi connectivity index (χ4n) is 2.10. The minimum atomic E-state index is -3.91. The molecular weight excluding hydrogens is 370 g/mol. The zero-order chi connectivity index (χ0) is 16.0. The van der Waals surface area contributed by atoms with Crippen LogP contribution in [0.2, 0.25) is 0 Å². The summed E-state index contributed by atoms with van der Waals surface area (Å²) in [7, 11) is -6.07. The highest BCUT2D eigenvalue weighted by atomic mass is 35.5. The second-order valence-electron chi connectivity index (χ2n) is 5.49. The fraction of sp³-hybridized carbons (Fsp3) is 0.636. The van der Waals surface area contributed by atoms with Gasteiger partial charge in [0.05, 0.1) is 0 Å². The summed E-state index contributed by atoms with van der Waals surface area (Å²) >= 11 is 0.708. The van der Waals surface area contributed by atoms with E-state index < -0.39 is 20.0 Å². The topological polar surface area (TPSA) is 110 Å². The molecule has 0 saturated heterocycles. The first-order chi connectivity index (χ1) is 9.53. The zero-order valence-corrected chi connectivity index (χ0v) is 15.7. The van der Waals surface area contributed by atoms with Gasteiger partial charge in [0.25, 0.3) is 10.0 Å². The lowest BCUT2D eigenvalue weighted by molar-refractivity contribution is 0.368. The van der Waals surface area contributed by atoms with Crippen molar-refractivity contribution in [2.45, 2.75) is 28.3 Å². The molecule has 1 aromatic heterocycles. The van der Waals surface area contributed by atoms with E-state index in [1.807, 2.05) is 13.8 Å². The quantitative estimate of drug-likeness (QED) is 0.789. The van der Waals surface area contributed by atoms with Gasteiger partial charge < -0.3 is 5.32 Å². The summed E-state index contributed by atoms with van der Waals surface area (Å²) in [6, 6.07) is 1.14. The van der Waals surface area contributed by atoms with Crippen molar-refractivity contribution in [1.82, 2.24) is 9.62 Å². The van der Waals surface area contributed by atoms with Gasteiger partial charge in [-0.2, -0.15) is 4.31 Å². The molecule has 0 amide bonds. The van der Waals surface area contributed by atoms with E-state index in [4.69, 9.17) is 5.14 Å². The number of primary sulfonamides is 1. The molecule has 0 spiro atoms. The van der Waals surface area contributed by atoms with E-state index in [1.165, 1.54) is 17.4 Å². The van der Waals surface area contributed by atoms with E-state index >= 15 is 0 Å². The molecule has 0 bridgehead atoms. The molecule has 2 rings (SSSR count). The second-order valence-corrected chi connectivity index (χ2v) is 10.6. The molecule has 128 valence electrons. The average molecular weight is 390 g/mol. The van der Waals surface area contributed by atoms with Crippen molar-refractivity contribution in [1.29, 1.82) is 0 Å². The highest BCUT2D eigenvalue weighted by Gasteiger charge is 2.38. The summed E-state index contributed by atoms with van der Waals surface area (Å²) < 4.78 is 48.7. The molecule has 0 fully saturated rings. The molecule has 0 aromatic carbocycles. The lowest BCUT2D eigenvalue weighted by atomic mass is 10.1. The Labute approximate surface area is 141 Å². The minimum Gasteiger partial charge on any atom is -0.309 e. The highest BCUT2D eigenvalue weighted by molar-refractivity contribution is 7.94. The van der Waals surface area contributed by atoms with Crippen LogP contribution in [-0.2, 0) is 20.0 Å². The number of fused-ring (bicyclic) bond motifs is 1. The summed E-state index contributed by atoms with van der Waals surface area (Å²) in [5, 5.41) is 8.39. The van der Waals surface area contributed by atoms with E-state index in [9.17, 15) is 16.8 Å². The molecule has 1 atom stereocenters. The Morgan fingerprint density at radius 2 is 2.09 bits per heavy atom. The maximum Gasteiger partial charge on any atom is 0.252 e. The molecule has 1 aliphatic rings. The predicted octanol–water partition coefficient (Wildman–Crippen LogP) is 0.738. The van der Waals surface area contributed by atoms with E-state index in [1.54, 1.807) is 0 Å². The largest absolute Gasteiger partial charge is 0.309 e. The summed E-state index contributed by atoms with van der Waals surface area (Å²) in [5.41, 5.74) is 0.489. The van der Waals surface area contributed by atoms with E-state index in [2.05, 4.69) is 5.32 Å². The van der Waals surface area contributed by atoms with Crippen LogP contribution in [0.1, 0.15) is 25.5 Å². The third kappa shape index (κ3) is 3.81. The predicted molar refractivity (Wildman–Crippen MR) is 88.3 cm³/mol. The van der Waals surface area contributed by atoms with Crippen molar-refractivity contribution in [3.8, 4) is 0 Å². The maximum atomic E-state index is 12.3. The zero-order valence-electron chi connectivity index (χ0n) is 12.4. The molecule has 2 heterocycles. The normalized spacial score (nSPS) is 21.4. The van der Waals surface area contributed by atoms with Crippen LogP contribution >= 0.6 is 23.7 Å². The fourth-order valence-corrected chi connectivity index (χ4v) is 6.15. The van der Waals surface area contributed by atoms with Crippen molar-refractivity contribution in [2.75, 3.05) is 20.1 Å². The summed E-state index contributed by atoms with van der Waals surface area (Å²) in [4.78, 5) is 0. The Balaban J connectivity index is 0.00000242. The first kappa shape index (κ1) is 19.8. The van der Waals surface area contributed by atoms with Crippen LogP contribution in [0.15, 0.2) is 14.5 Å². The number of halogens is 1. The van der Waals surface area contributed by atoms with Crippen molar-refractivity contribution < 1.29 is 16.8 Å². The minimum absolute atomic E-state index is 0. The van der Waals surface area contributed by atoms with Gasteiger partial charge in [-0.3, -0.25) is 0 Å². The number of nitrogens with two attached hydrogens (primary N) is 1. The number of thiophene rings is 1. The number of hydrogen-bond donors (Lipinski definition) is 2. The van der Waals surface area contributed by atoms with Crippen LogP contribution < -0.4 is 10.5 Å². The first-order valence-corrected chi connectivity index (χ1v) is 10.2. The Morgan fingerprint density at radius 3 is 2.59 bits per heavy atom. The van der Waals surface area contributed by atoms with Crippen molar-refractivity contribution in [3.63, 3.8) is 0 Å². The number of rotatable bonds is 4. The van der Waals surface area contributed by atoms with Gasteiger partial charge in [0.2, 0.25) is 10.0 Å². The molecule has 22 heavy (non-hydrogen) atoms. The third-order valence-corrected chi connectivity index (χ3v) is 8.14. The molecule has 0 saturated carbocycles. The second kappa shape index (κ2) is 6.71. The van der Waals surface area contributed by atoms with Crippen molar-refractivity contribution >= 4 is 43.8 Å². The molecule has 3 N–H and O–H groups in total. The van der Waals surface area contributed by atoms with E-state index in [0.29, 0.717) is 29.4 Å². The molecule has 11 heteroatoms. The monoisotopic (exact) mass is 389 g/mol. The van der Waals surface area contributed by atoms with Gasteiger partial charge in [-0.05, 0) is 18.5 Å². The van der Waals surface area contributed by atoms with Gasteiger partial charge in [0, 0.05) is 25.2 Å². The standard InChI is InChI=1S/C11H19N3O4S3.ClH/c1-7(2)5-13-9-6-14(3)21(17,18)11-8(9)4-10(19-11)20(12,15)16;/h4,7,9,13H,5-6H2,1-3H3,(H2,12,15,16);1H. The average Bonchev–Trinajstić information content (AvgIpc) is 2.78. The third-order valence-electron chi connectivity index (χ3n) is 3.21.